The highest BCUT2D eigenvalue weighted by Gasteiger charge is 2.05. The lowest BCUT2D eigenvalue weighted by Gasteiger charge is -2.11. The van der Waals surface area contributed by atoms with Gasteiger partial charge in [-0.05, 0) is 50.1 Å². The van der Waals surface area contributed by atoms with Crippen molar-refractivity contribution < 1.29 is 4.74 Å². The molecule has 2 rings (SSSR count). The Morgan fingerprint density at radius 3 is 2.76 bits per heavy atom. The number of hydrogen-bond donors (Lipinski definition) is 1. The molecule has 0 saturated carbocycles. The third kappa shape index (κ3) is 5.27. The molecule has 3 heteroatoms. The van der Waals surface area contributed by atoms with Crippen LogP contribution in [0.5, 0.6) is 5.75 Å². The first-order chi connectivity index (χ1) is 10.3. The number of nitrogens with one attached hydrogen (secondary N) is 1. The first-order valence-corrected chi connectivity index (χ1v) is 7.86. The second-order valence-electron chi connectivity index (χ2n) is 5.37. The van der Waals surface area contributed by atoms with Crippen molar-refractivity contribution in [2.24, 2.45) is 0 Å². The van der Waals surface area contributed by atoms with Gasteiger partial charge in [0, 0.05) is 25.0 Å². The summed E-state index contributed by atoms with van der Waals surface area (Å²) in [5, 5.41) is 3.51. The Kier molecular flexibility index (Phi) is 6.35. The van der Waals surface area contributed by atoms with Gasteiger partial charge in [-0.25, -0.2) is 0 Å². The fourth-order valence-electron chi connectivity index (χ4n) is 2.29. The SMILES string of the molecule is CCCNC(C)c1ccn(CCCOc2ccccc2)c1. The molecule has 1 N–H and O–H groups in total. The minimum atomic E-state index is 0.423. The highest BCUT2D eigenvalue weighted by atomic mass is 16.5. The van der Waals surface area contributed by atoms with Gasteiger partial charge >= 0.3 is 0 Å². The van der Waals surface area contributed by atoms with Gasteiger partial charge in [-0.1, -0.05) is 25.1 Å². The molecule has 0 aliphatic carbocycles. The lowest BCUT2D eigenvalue weighted by atomic mass is 10.2. The van der Waals surface area contributed by atoms with Gasteiger partial charge in [0.05, 0.1) is 6.61 Å². The lowest BCUT2D eigenvalue weighted by Crippen LogP contribution is -2.18. The summed E-state index contributed by atoms with van der Waals surface area (Å²) in [4.78, 5) is 0. The first kappa shape index (κ1) is 15.6. The second kappa shape index (κ2) is 8.53. The standard InChI is InChI=1S/C18H26N2O/c1-3-11-19-16(2)17-10-13-20(15-17)12-7-14-21-18-8-5-4-6-9-18/h4-6,8-10,13,15-16,19H,3,7,11-12,14H2,1-2H3. The zero-order chi connectivity index (χ0) is 14.9. The van der Waals surface area contributed by atoms with Crippen LogP contribution in [-0.4, -0.2) is 17.7 Å². The van der Waals surface area contributed by atoms with Crippen molar-refractivity contribution in [3.63, 3.8) is 0 Å². The predicted octanol–water partition coefficient (Wildman–Crippen LogP) is 4.02. The molecule has 1 aromatic heterocycles. The Bertz CT molecular complexity index is 507. The second-order valence-corrected chi connectivity index (χ2v) is 5.37. The normalized spacial score (nSPS) is 12.3. The van der Waals surface area contributed by atoms with Crippen molar-refractivity contribution >= 4 is 0 Å². The zero-order valence-electron chi connectivity index (χ0n) is 13.1. The molecule has 0 spiro atoms. The van der Waals surface area contributed by atoms with E-state index in [4.69, 9.17) is 4.74 Å². The van der Waals surface area contributed by atoms with Gasteiger partial charge in [-0.2, -0.15) is 0 Å². The van der Waals surface area contributed by atoms with Gasteiger partial charge in [0.2, 0.25) is 0 Å². The molecule has 1 aromatic carbocycles. The molecule has 21 heavy (non-hydrogen) atoms. The van der Waals surface area contributed by atoms with Crippen molar-refractivity contribution in [1.82, 2.24) is 9.88 Å². The van der Waals surface area contributed by atoms with Crippen LogP contribution in [0.1, 0.15) is 38.3 Å². The molecule has 1 atom stereocenters. The summed E-state index contributed by atoms with van der Waals surface area (Å²) >= 11 is 0. The van der Waals surface area contributed by atoms with E-state index in [9.17, 15) is 0 Å². The fraction of sp³-hybridized carbons (Fsp3) is 0.444. The van der Waals surface area contributed by atoms with Gasteiger partial charge in [0.1, 0.15) is 5.75 Å². The molecule has 1 unspecified atom stereocenters. The molecule has 0 fully saturated rings. The zero-order valence-corrected chi connectivity index (χ0v) is 13.1. The minimum Gasteiger partial charge on any atom is -0.494 e. The molecule has 0 amide bonds. The van der Waals surface area contributed by atoms with Crippen molar-refractivity contribution in [2.75, 3.05) is 13.2 Å². The third-order valence-electron chi connectivity index (χ3n) is 3.55. The number of aryl methyl sites for hydroxylation is 1. The molecule has 0 saturated heterocycles. The Hall–Kier alpha value is -1.74. The molecule has 0 aliphatic heterocycles. The van der Waals surface area contributed by atoms with Crippen LogP contribution in [0.25, 0.3) is 0 Å². The van der Waals surface area contributed by atoms with Crippen LogP contribution in [0.3, 0.4) is 0 Å². The van der Waals surface area contributed by atoms with Crippen molar-refractivity contribution in [1.29, 1.82) is 0 Å². The molecule has 114 valence electrons. The summed E-state index contributed by atoms with van der Waals surface area (Å²) < 4.78 is 7.95. The number of rotatable bonds is 9. The quantitative estimate of drug-likeness (QED) is 0.705. The van der Waals surface area contributed by atoms with E-state index in [2.05, 4.69) is 42.2 Å². The summed E-state index contributed by atoms with van der Waals surface area (Å²) in [6, 6.07) is 12.6. The Morgan fingerprint density at radius 1 is 1.19 bits per heavy atom. The van der Waals surface area contributed by atoms with E-state index in [0.717, 1.165) is 31.9 Å². The topological polar surface area (TPSA) is 26.2 Å². The first-order valence-electron chi connectivity index (χ1n) is 7.86. The highest BCUT2D eigenvalue weighted by molar-refractivity contribution is 5.20. The molecule has 2 aromatic rings. The summed E-state index contributed by atoms with van der Waals surface area (Å²) in [6.07, 6.45) is 6.57. The highest BCUT2D eigenvalue weighted by Crippen LogP contribution is 2.13. The number of aromatic nitrogens is 1. The molecular formula is C18H26N2O. The van der Waals surface area contributed by atoms with Gasteiger partial charge in [0.25, 0.3) is 0 Å². The molecule has 0 bridgehead atoms. The maximum atomic E-state index is 5.71. The summed E-state index contributed by atoms with van der Waals surface area (Å²) in [7, 11) is 0. The van der Waals surface area contributed by atoms with Crippen molar-refractivity contribution in [3.8, 4) is 5.75 Å². The maximum absolute atomic E-state index is 5.71. The van der Waals surface area contributed by atoms with Crippen LogP contribution in [0.2, 0.25) is 0 Å². The van der Waals surface area contributed by atoms with E-state index in [-0.39, 0.29) is 0 Å². The van der Waals surface area contributed by atoms with Crippen LogP contribution in [0.15, 0.2) is 48.8 Å². The van der Waals surface area contributed by atoms with Gasteiger partial charge in [0.15, 0.2) is 0 Å². The largest absolute Gasteiger partial charge is 0.494 e. The number of nitrogens with zero attached hydrogens (tertiary/aromatic N) is 1. The van der Waals surface area contributed by atoms with E-state index < -0.39 is 0 Å². The molecule has 0 radical (unpaired) electrons. The van der Waals surface area contributed by atoms with Crippen molar-refractivity contribution in [3.05, 3.63) is 54.4 Å². The summed E-state index contributed by atoms with van der Waals surface area (Å²) in [5.74, 6) is 0.947. The number of ether oxygens (including phenoxy) is 1. The van der Waals surface area contributed by atoms with Crippen LogP contribution < -0.4 is 10.1 Å². The minimum absolute atomic E-state index is 0.423. The van der Waals surface area contributed by atoms with Gasteiger partial charge in [-0.15, -0.1) is 0 Å². The number of para-hydroxylation sites is 1. The Labute approximate surface area is 127 Å². The van der Waals surface area contributed by atoms with Crippen LogP contribution in [0.4, 0.5) is 0 Å². The monoisotopic (exact) mass is 286 g/mol. The van der Waals surface area contributed by atoms with Crippen LogP contribution in [0, 0.1) is 0 Å². The van der Waals surface area contributed by atoms with E-state index in [1.165, 1.54) is 12.0 Å². The van der Waals surface area contributed by atoms with E-state index in [1.807, 2.05) is 30.3 Å². The number of benzene rings is 1. The summed E-state index contributed by atoms with van der Waals surface area (Å²) in [5.41, 5.74) is 1.35. The third-order valence-corrected chi connectivity index (χ3v) is 3.55. The summed E-state index contributed by atoms with van der Waals surface area (Å²) in [6.45, 7) is 7.22. The van der Waals surface area contributed by atoms with E-state index in [0.29, 0.717) is 6.04 Å². The van der Waals surface area contributed by atoms with E-state index >= 15 is 0 Å². The smallest absolute Gasteiger partial charge is 0.119 e. The Balaban J connectivity index is 1.70. The fourth-order valence-corrected chi connectivity index (χ4v) is 2.29. The van der Waals surface area contributed by atoms with Crippen LogP contribution >= 0.6 is 0 Å². The lowest BCUT2D eigenvalue weighted by molar-refractivity contribution is 0.302. The molecule has 0 aliphatic rings. The molecule has 1 heterocycles. The average Bonchev–Trinajstić information content (AvgIpc) is 2.99. The van der Waals surface area contributed by atoms with Crippen LogP contribution in [-0.2, 0) is 6.54 Å². The van der Waals surface area contributed by atoms with Gasteiger partial charge < -0.3 is 14.6 Å². The van der Waals surface area contributed by atoms with Gasteiger partial charge in [-0.3, -0.25) is 0 Å². The van der Waals surface area contributed by atoms with Crippen molar-refractivity contribution in [2.45, 2.75) is 39.3 Å². The Morgan fingerprint density at radius 2 is 2.00 bits per heavy atom. The maximum Gasteiger partial charge on any atom is 0.119 e. The molecule has 3 nitrogen and oxygen atoms in total. The molecular weight excluding hydrogens is 260 g/mol. The number of hydrogen-bond acceptors (Lipinski definition) is 2. The average molecular weight is 286 g/mol. The van der Waals surface area contributed by atoms with E-state index in [1.54, 1.807) is 0 Å². The predicted molar refractivity (Wildman–Crippen MR) is 87.7 cm³/mol.